The second kappa shape index (κ2) is 10.9. The van der Waals surface area contributed by atoms with Crippen LogP contribution in [0.25, 0.3) is 5.76 Å². The summed E-state index contributed by atoms with van der Waals surface area (Å²) in [5.41, 5.74) is 4.43. The van der Waals surface area contributed by atoms with E-state index in [0.717, 1.165) is 17.8 Å². The third-order valence-electron chi connectivity index (χ3n) is 10.1. The molecule has 1 amide bonds. The van der Waals surface area contributed by atoms with Gasteiger partial charge in [0.25, 0.3) is 5.91 Å². The second-order valence-electron chi connectivity index (χ2n) is 13.6. The molecule has 7 N–H and O–H groups in total. The van der Waals surface area contributed by atoms with Gasteiger partial charge in [-0.25, -0.2) is 0 Å². The topological polar surface area (TPSA) is 177 Å². The first kappa shape index (κ1) is 31.0. The van der Waals surface area contributed by atoms with Crippen LogP contribution in [0.3, 0.4) is 0 Å². The Bertz CT molecular complexity index is 1440. The van der Waals surface area contributed by atoms with Crippen molar-refractivity contribution in [3.05, 3.63) is 39.7 Å². The summed E-state index contributed by atoms with van der Waals surface area (Å²) in [4.78, 5) is 43.0. The summed E-state index contributed by atoms with van der Waals surface area (Å²) in [6.07, 6.45) is 6.36. The highest BCUT2D eigenvalue weighted by molar-refractivity contribution is 6.24. The van der Waals surface area contributed by atoms with Gasteiger partial charge in [0.15, 0.2) is 11.4 Å². The number of carbonyl (C=O) groups excluding carboxylic acids is 3. The van der Waals surface area contributed by atoms with Crippen LogP contribution in [0.15, 0.2) is 23.0 Å². The Morgan fingerprint density at radius 1 is 1.09 bits per heavy atom. The lowest BCUT2D eigenvalue weighted by molar-refractivity contribution is -0.153. The molecule has 0 aromatic heterocycles. The molecule has 2 fully saturated rings. The fraction of sp³-hybridized carbons (Fsp3) is 0.594. The summed E-state index contributed by atoms with van der Waals surface area (Å²) in [5.74, 6) is -6.53. The monoisotopic (exact) mass is 596 g/mol. The van der Waals surface area contributed by atoms with Gasteiger partial charge in [-0.3, -0.25) is 19.3 Å². The van der Waals surface area contributed by atoms with Crippen molar-refractivity contribution < 1.29 is 34.8 Å². The molecular formula is C32H44N4O7. The number of hydrogen-bond donors (Lipinski definition) is 6. The van der Waals surface area contributed by atoms with Gasteiger partial charge in [-0.1, -0.05) is 26.2 Å². The highest BCUT2D eigenvalue weighted by Crippen LogP contribution is 2.54. The predicted molar refractivity (Wildman–Crippen MR) is 161 cm³/mol. The number of primary amides is 1. The minimum atomic E-state index is -2.65. The first-order chi connectivity index (χ1) is 20.1. The van der Waals surface area contributed by atoms with E-state index in [2.05, 4.69) is 12.2 Å². The van der Waals surface area contributed by atoms with Crippen LogP contribution < -0.4 is 16.0 Å². The highest BCUT2D eigenvalue weighted by atomic mass is 16.3. The van der Waals surface area contributed by atoms with E-state index in [1.54, 1.807) is 20.2 Å². The van der Waals surface area contributed by atoms with Gasteiger partial charge >= 0.3 is 0 Å². The Hall–Kier alpha value is -3.41. The number of nitrogens with two attached hydrogens (primary N) is 1. The van der Waals surface area contributed by atoms with Gasteiger partial charge in [0, 0.05) is 44.4 Å². The Morgan fingerprint density at radius 3 is 2.33 bits per heavy atom. The van der Waals surface area contributed by atoms with Crippen LogP contribution in [0.5, 0.6) is 5.75 Å². The summed E-state index contributed by atoms with van der Waals surface area (Å²) >= 11 is 0. The van der Waals surface area contributed by atoms with Crippen LogP contribution in [0.2, 0.25) is 0 Å². The number of phenols is 1. The van der Waals surface area contributed by atoms with Crippen molar-refractivity contribution in [2.24, 2.45) is 23.0 Å². The number of Topliss-reactive ketones (excluding diaryl/α,β-unsaturated/α-hetero) is 2. The predicted octanol–water partition coefficient (Wildman–Crippen LogP) is 2.09. The fourth-order valence-electron chi connectivity index (χ4n) is 8.14. The van der Waals surface area contributed by atoms with E-state index in [-0.39, 0.29) is 35.1 Å². The number of aromatic hydroxyl groups is 1. The van der Waals surface area contributed by atoms with Crippen LogP contribution in [-0.4, -0.2) is 89.2 Å². The number of amides is 1. The number of hydrogen-bond acceptors (Lipinski definition) is 10. The van der Waals surface area contributed by atoms with Crippen molar-refractivity contribution in [2.45, 2.75) is 70.1 Å². The molecule has 43 heavy (non-hydrogen) atoms. The van der Waals surface area contributed by atoms with Gasteiger partial charge < -0.3 is 36.4 Å². The molecule has 0 spiro atoms. The van der Waals surface area contributed by atoms with Gasteiger partial charge in [-0.05, 0) is 68.3 Å². The molecular weight excluding hydrogens is 552 g/mol. The second-order valence-corrected chi connectivity index (χ2v) is 13.6. The van der Waals surface area contributed by atoms with Crippen LogP contribution in [-0.2, 0) is 27.3 Å². The average Bonchev–Trinajstić information content (AvgIpc) is 2.90. The molecule has 4 aliphatic rings. The summed E-state index contributed by atoms with van der Waals surface area (Å²) in [6, 6.07) is 0.479. The van der Waals surface area contributed by atoms with Gasteiger partial charge in [0.05, 0.1) is 11.6 Å². The van der Waals surface area contributed by atoms with Crippen molar-refractivity contribution in [1.29, 1.82) is 0 Å². The molecule has 0 radical (unpaired) electrons. The molecule has 4 atom stereocenters. The van der Waals surface area contributed by atoms with E-state index in [9.17, 15) is 34.8 Å². The number of fused-ring (bicyclic) bond motifs is 3. The lowest BCUT2D eigenvalue weighted by atomic mass is 9.57. The Labute approximate surface area is 252 Å². The largest absolute Gasteiger partial charge is 0.508 e. The van der Waals surface area contributed by atoms with E-state index >= 15 is 0 Å². The van der Waals surface area contributed by atoms with E-state index in [0.29, 0.717) is 12.1 Å². The third kappa shape index (κ3) is 4.81. The number of aliphatic hydroxyl groups is 3. The lowest BCUT2D eigenvalue weighted by Gasteiger charge is -2.50. The summed E-state index contributed by atoms with van der Waals surface area (Å²) in [6.45, 7) is 3.64. The average molecular weight is 597 g/mol. The van der Waals surface area contributed by atoms with Crippen LogP contribution >= 0.6 is 0 Å². The summed E-state index contributed by atoms with van der Waals surface area (Å²) in [5, 5.41) is 49.2. The smallest absolute Gasteiger partial charge is 0.255 e. The van der Waals surface area contributed by atoms with Crippen molar-refractivity contribution in [1.82, 2.24) is 10.2 Å². The molecule has 4 aliphatic carbocycles. The van der Waals surface area contributed by atoms with Crippen molar-refractivity contribution in [3.63, 3.8) is 0 Å². The number of nitrogens with zero attached hydrogens (tertiary/aromatic N) is 2. The molecule has 1 aromatic carbocycles. The summed E-state index contributed by atoms with van der Waals surface area (Å²) < 4.78 is 0. The van der Waals surface area contributed by atoms with E-state index in [4.69, 9.17) is 5.73 Å². The molecule has 0 aliphatic heterocycles. The zero-order valence-electron chi connectivity index (χ0n) is 25.7. The first-order valence-electron chi connectivity index (χ1n) is 15.0. The number of aliphatic hydroxyl groups excluding tert-OH is 2. The Kier molecular flexibility index (Phi) is 7.90. The summed E-state index contributed by atoms with van der Waals surface area (Å²) in [7, 11) is 6.94. The lowest BCUT2D eigenvalue weighted by Crippen LogP contribution is -2.65. The quantitative estimate of drug-likeness (QED) is 0.256. The number of ketones is 2. The molecule has 11 heteroatoms. The van der Waals surface area contributed by atoms with Crippen molar-refractivity contribution >= 4 is 28.9 Å². The Morgan fingerprint density at radius 2 is 1.74 bits per heavy atom. The SMILES string of the molecule is CN(C)c1c(CNCC2(C)CCCCC2)cc(O)c2c1C[C@H]1C[C@H]3[C@H](N(C)C)C(=O)C(C(N)=O)=C(O)[C@@]3(O)C(=O)C1=C2O. The third-order valence-corrected chi connectivity index (χ3v) is 10.1. The maximum Gasteiger partial charge on any atom is 0.255 e. The van der Waals surface area contributed by atoms with E-state index < -0.39 is 58.0 Å². The molecule has 11 nitrogen and oxygen atoms in total. The number of benzene rings is 1. The first-order valence-corrected chi connectivity index (χ1v) is 15.0. The zero-order valence-corrected chi connectivity index (χ0v) is 25.7. The van der Waals surface area contributed by atoms with Crippen molar-refractivity contribution in [3.8, 4) is 5.75 Å². The maximum absolute atomic E-state index is 14.1. The van der Waals surface area contributed by atoms with Crippen LogP contribution in [0, 0.1) is 17.3 Å². The minimum Gasteiger partial charge on any atom is -0.508 e. The Balaban J connectivity index is 1.59. The van der Waals surface area contributed by atoms with Gasteiger partial charge in [-0.15, -0.1) is 0 Å². The number of anilines is 1. The fourth-order valence-corrected chi connectivity index (χ4v) is 8.14. The molecule has 0 heterocycles. The van der Waals surface area contributed by atoms with E-state index in [1.165, 1.54) is 37.0 Å². The minimum absolute atomic E-state index is 0.0558. The molecule has 2 saturated carbocycles. The number of nitrogens with one attached hydrogen (secondary N) is 1. The zero-order chi connectivity index (χ0) is 31.6. The van der Waals surface area contributed by atoms with Crippen molar-refractivity contribution in [2.75, 3.05) is 39.6 Å². The molecule has 234 valence electrons. The highest BCUT2D eigenvalue weighted by Gasteiger charge is 2.64. The number of likely N-dealkylation sites (N-methyl/N-ethyl adjacent to an activating group) is 1. The molecule has 0 unspecified atom stereocenters. The molecule has 5 rings (SSSR count). The van der Waals surface area contributed by atoms with Gasteiger partial charge in [0.1, 0.15) is 22.8 Å². The van der Waals surface area contributed by atoms with Gasteiger partial charge in [0.2, 0.25) is 5.78 Å². The number of rotatable bonds is 7. The van der Waals surface area contributed by atoms with Crippen LogP contribution in [0.4, 0.5) is 5.69 Å². The molecule has 1 aromatic rings. The molecule has 0 bridgehead atoms. The maximum atomic E-state index is 14.1. The molecule has 0 saturated heterocycles. The van der Waals surface area contributed by atoms with Crippen LogP contribution in [0.1, 0.15) is 62.1 Å². The van der Waals surface area contributed by atoms with Gasteiger partial charge in [-0.2, -0.15) is 0 Å². The van der Waals surface area contributed by atoms with E-state index in [1.807, 2.05) is 19.0 Å². The number of phenolic OH excluding ortho intramolecular Hbond substituents is 1. The number of carbonyl (C=O) groups is 3. The normalized spacial score (nSPS) is 28.5. The standard InChI is InChI=1S/C32H44N4O7/c1-31(9-7-6-8-10-31)15-34-14-17-13-20(37)22-18(24(17)35(2)3)11-16-12-19-25(36(4)5)27(39)23(30(33)42)29(41)32(19,43)28(40)21(16)26(22)38/h13,16,19,25,34,37-38,41,43H,6-12,14-15H2,1-5H3,(H2,33,42)/t16-,19-,25-,32-/m0/s1.